The van der Waals surface area contributed by atoms with Gasteiger partial charge in [-0.05, 0) is 42.1 Å². The minimum Gasteiger partial charge on any atom is -0.495 e. The summed E-state index contributed by atoms with van der Waals surface area (Å²) in [5.41, 5.74) is -0.251. The van der Waals surface area contributed by atoms with Crippen LogP contribution in [-0.2, 0) is 16.6 Å². The van der Waals surface area contributed by atoms with Crippen LogP contribution in [0.1, 0.15) is 46.9 Å². The summed E-state index contributed by atoms with van der Waals surface area (Å²) in [6, 6.07) is 11.3. The van der Waals surface area contributed by atoms with Crippen LogP contribution in [0.25, 0.3) is 0 Å². The first-order chi connectivity index (χ1) is 18.5. The molecule has 1 fully saturated rings. The molecule has 206 valence electrons. The summed E-state index contributed by atoms with van der Waals surface area (Å²) in [4.78, 5) is 20.7. The van der Waals surface area contributed by atoms with Crippen LogP contribution >= 0.6 is 11.3 Å². The summed E-state index contributed by atoms with van der Waals surface area (Å²) < 4.78 is 62.7. The second-order valence-corrected chi connectivity index (χ2v) is 10.7. The smallest absolute Gasteiger partial charge is 0.416 e. The summed E-state index contributed by atoms with van der Waals surface area (Å²) in [6.07, 6.45) is -4.72. The predicted molar refractivity (Wildman–Crippen MR) is 142 cm³/mol. The summed E-state index contributed by atoms with van der Waals surface area (Å²) in [6.45, 7) is 2.40. The highest BCUT2D eigenvalue weighted by Gasteiger charge is 2.43. The molecule has 2 aliphatic rings. The van der Waals surface area contributed by atoms with Crippen molar-refractivity contribution in [1.82, 2.24) is 4.90 Å². The van der Waals surface area contributed by atoms with Crippen molar-refractivity contribution in [2.45, 2.75) is 44.1 Å². The average molecular weight is 562 g/mol. The molecule has 1 saturated heterocycles. The Morgan fingerprint density at radius 1 is 1.15 bits per heavy atom. The maximum Gasteiger partial charge on any atom is 0.416 e. The van der Waals surface area contributed by atoms with Crippen LogP contribution in [-0.4, -0.2) is 42.1 Å². The number of piperidine rings is 1. The Morgan fingerprint density at radius 2 is 1.85 bits per heavy atom. The second kappa shape index (κ2) is 10.2. The number of carbonyl (C=O) groups is 1. The monoisotopic (exact) mass is 561 g/mol. The number of methoxy groups -OCH3 is 1. The quantitative estimate of drug-likeness (QED) is 0.338. The van der Waals surface area contributed by atoms with Crippen molar-refractivity contribution < 1.29 is 32.2 Å². The lowest BCUT2D eigenvalue weighted by Gasteiger charge is -2.45. The van der Waals surface area contributed by atoms with E-state index in [0.717, 1.165) is 17.7 Å². The molecule has 0 aliphatic carbocycles. The van der Waals surface area contributed by atoms with Crippen molar-refractivity contribution in [1.29, 1.82) is 0 Å². The highest BCUT2D eigenvalue weighted by molar-refractivity contribution is 7.10. The molecule has 0 radical (unpaired) electrons. The molecule has 3 aromatic rings. The molecule has 2 aliphatic heterocycles. The molecular formula is C28H27F4N3O3S. The number of ether oxygens (including phenoxy) is 1. The molecule has 5 rings (SSSR count). The molecule has 1 aromatic heterocycles. The van der Waals surface area contributed by atoms with Gasteiger partial charge in [0, 0.05) is 25.9 Å². The fourth-order valence-electron chi connectivity index (χ4n) is 5.18. The number of guanidine groups is 1. The lowest BCUT2D eigenvalue weighted by Crippen LogP contribution is -2.52. The molecule has 3 heterocycles. The van der Waals surface area contributed by atoms with Crippen molar-refractivity contribution in [3.05, 3.63) is 75.5 Å². The molecule has 11 heteroatoms. The standard InChI is InChI=1S/C28H27F4N3O3S/c1-17-3-5-18(6-4-17)27(29)10-12-34(13-11-27)26-33-20-9-14-39-25(20)22(16-24(36)37)35(26)21-15-19(28(30,31)32)7-8-23(21)38-2/h3-9,14-15,22H,10-13,16H2,1-2H3,(H,36,37)/t22-/m0/s1. The second-order valence-electron chi connectivity index (χ2n) is 9.77. The van der Waals surface area contributed by atoms with E-state index in [2.05, 4.69) is 0 Å². The van der Waals surface area contributed by atoms with Gasteiger partial charge in [-0.15, -0.1) is 11.3 Å². The molecule has 0 unspecified atom stereocenters. The van der Waals surface area contributed by atoms with Gasteiger partial charge in [-0.1, -0.05) is 29.8 Å². The largest absolute Gasteiger partial charge is 0.495 e. The Labute approximate surface area is 227 Å². The summed E-state index contributed by atoms with van der Waals surface area (Å²) in [7, 11) is 1.34. The van der Waals surface area contributed by atoms with Gasteiger partial charge in [0.1, 0.15) is 11.4 Å². The minimum absolute atomic E-state index is 0.0481. The van der Waals surface area contributed by atoms with E-state index < -0.39 is 29.4 Å². The van der Waals surface area contributed by atoms with Gasteiger partial charge >= 0.3 is 12.1 Å². The number of aliphatic carboxylic acids is 1. The van der Waals surface area contributed by atoms with Gasteiger partial charge in [0.15, 0.2) is 0 Å². The molecule has 2 aromatic carbocycles. The van der Waals surface area contributed by atoms with Crippen LogP contribution in [0.2, 0.25) is 0 Å². The topological polar surface area (TPSA) is 65.4 Å². The fourth-order valence-corrected chi connectivity index (χ4v) is 6.10. The van der Waals surface area contributed by atoms with Crippen LogP contribution in [0.4, 0.5) is 28.9 Å². The average Bonchev–Trinajstić information content (AvgIpc) is 3.37. The first-order valence-corrected chi connectivity index (χ1v) is 13.3. The Morgan fingerprint density at radius 3 is 2.46 bits per heavy atom. The van der Waals surface area contributed by atoms with Crippen LogP contribution in [0.15, 0.2) is 58.9 Å². The van der Waals surface area contributed by atoms with E-state index in [0.29, 0.717) is 16.1 Å². The normalized spacial score (nSPS) is 18.9. The zero-order valence-corrected chi connectivity index (χ0v) is 22.2. The number of hydrogen-bond acceptors (Lipinski definition) is 6. The maximum absolute atomic E-state index is 16.0. The van der Waals surface area contributed by atoms with Crippen LogP contribution < -0.4 is 9.64 Å². The molecule has 39 heavy (non-hydrogen) atoms. The Hall–Kier alpha value is -3.60. The molecule has 0 spiro atoms. The van der Waals surface area contributed by atoms with Crippen molar-refractivity contribution in [3.8, 4) is 5.75 Å². The number of aryl methyl sites for hydroxylation is 1. The third kappa shape index (κ3) is 5.19. The first-order valence-electron chi connectivity index (χ1n) is 12.4. The van der Waals surface area contributed by atoms with Gasteiger partial charge in [0.05, 0.1) is 41.4 Å². The lowest BCUT2D eigenvalue weighted by atomic mass is 9.86. The predicted octanol–water partition coefficient (Wildman–Crippen LogP) is 7.07. The zero-order valence-electron chi connectivity index (χ0n) is 21.3. The van der Waals surface area contributed by atoms with Gasteiger partial charge in [0.2, 0.25) is 5.96 Å². The molecule has 0 amide bonds. The van der Waals surface area contributed by atoms with Gasteiger partial charge in [-0.3, -0.25) is 9.69 Å². The summed E-state index contributed by atoms with van der Waals surface area (Å²) in [5, 5.41) is 11.5. The van der Waals surface area contributed by atoms with Crippen LogP contribution in [0.5, 0.6) is 5.75 Å². The number of rotatable bonds is 5. The van der Waals surface area contributed by atoms with E-state index >= 15 is 4.39 Å². The molecule has 1 N–H and O–H groups in total. The van der Waals surface area contributed by atoms with E-state index in [4.69, 9.17) is 9.73 Å². The van der Waals surface area contributed by atoms with Crippen molar-refractivity contribution in [2.24, 2.45) is 4.99 Å². The minimum atomic E-state index is -4.63. The lowest BCUT2D eigenvalue weighted by molar-refractivity contribution is -0.138. The summed E-state index contributed by atoms with van der Waals surface area (Å²) in [5.74, 6) is -0.698. The molecule has 1 atom stereocenters. The number of benzene rings is 2. The Kier molecular flexibility index (Phi) is 7.04. The summed E-state index contributed by atoms with van der Waals surface area (Å²) >= 11 is 1.29. The van der Waals surface area contributed by atoms with E-state index in [9.17, 15) is 23.1 Å². The van der Waals surface area contributed by atoms with E-state index in [1.807, 2.05) is 24.0 Å². The number of thiophene rings is 1. The number of fused-ring (bicyclic) bond motifs is 1. The third-order valence-electron chi connectivity index (χ3n) is 7.27. The molecule has 0 saturated carbocycles. The SMILES string of the molecule is COc1ccc(C(F)(F)F)cc1N1C(N2CCC(F)(c3ccc(C)cc3)CC2)=Nc2ccsc2[C@@H]1CC(=O)O. The number of hydrogen-bond donors (Lipinski definition) is 1. The number of likely N-dealkylation sites (tertiary alicyclic amines) is 1. The van der Waals surface area contributed by atoms with Crippen LogP contribution in [0, 0.1) is 6.92 Å². The first kappa shape index (κ1) is 27.0. The zero-order chi connectivity index (χ0) is 27.9. The van der Waals surface area contributed by atoms with E-state index in [-0.39, 0.29) is 49.7 Å². The highest BCUT2D eigenvalue weighted by Crippen LogP contribution is 2.48. The Balaban J connectivity index is 1.58. The number of carboxylic acid groups (broad SMARTS) is 1. The van der Waals surface area contributed by atoms with Gasteiger partial charge < -0.3 is 14.7 Å². The number of aliphatic imine (C=N–C) groups is 1. The van der Waals surface area contributed by atoms with Crippen molar-refractivity contribution >= 4 is 34.6 Å². The van der Waals surface area contributed by atoms with Crippen LogP contribution in [0.3, 0.4) is 0 Å². The number of halogens is 4. The number of nitrogens with zero attached hydrogens (tertiary/aromatic N) is 3. The van der Waals surface area contributed by atoms with E-state index in [1.54, 1.807) is 23.6 Å². The third-order valence-corrected chi connectivity index (χ3v) is 8.27. The van der Waals surface area contributed by atoms with Gasteiger partial charge in [0.25, 0.3) is 0 Å². The molecule has 0 bridgehead atoms. The molecule has 6 nitrogen and oxygen atoms in total. The number of carboxylic acids is 1. The van der Waals surface area contributed by atoms with Crippen molar-refractivity contribution in [2.75, 3.05) is 25.1 Å². The van der Waals surface area contributed by atoms with Gasteiger partial charge in [-0.25, -0.2) is 9.38 Å². The van der Waals surface area contributed by atoms with Crippen molar-refractivity contribution in [3.63, 3.8) is 0 Å². The maximum atomic E-state index is 16.0. The molecular weight excluding hydrogens is 534 g/mol. The highest BCUT2D eigenvalue weighted by atomic mass is 32.1. The Bertz CT molecular complexity index is 1400. The van der Waals surface area contributed by atoms with E-state index in [1.165, 1.54) is 29.4 Å². The van der Waals surface area contributed by atoms with Gasteiger partial charge in [-0.2, -0.15) is 13.2 Å². The fraction of sp³-hybridized carbons (Fsp3) is 0.357. The number of anilines is 1. The number of alkyl halides is 4.